The van der Waals surface area contributed by atoms with E-state index < -0.39 is 6.61 Å². The maximum atomic E-state index is 12.1. The Bertz CT molecular complexity index is 493. The van der Waals surface area contributed by atoms with Gasteiger partial charge in [-0.15, -0.1) is 24.0 Å². The van der Waals surface area contributed by atoms with Gasteiger partial charge in [0.15, 0.2) is 5.96 Å². The van der Waals surface area contributed by atoms with E-state index in [9.17, 15) is 8.78 Å². The molecule has 0 atom stereocenters. The van der Waals surface area contributed by atoms with Crippen molar-refractivity contribution >= 4 is 29.9 Å². The summed E-state index contributed by atoms with van der Waals surface area (Å²) in [5.74, 6) is 1.90. The molecule has 1 aromatic rings. The predicted octanol–water partition coefficient (Wildman–Crippen LogP) is 3.71. The summed E-state index contributed by atoms with van der Waals surface area (Å²) in [6.45, 7) is -1.20. The molecule has 0 aromatic heterocycles. The molecule has 0 saturated heterocycles. The molecule has 0 aliphatic heterocycles. The third-order valence-corrected chi connectivity index (χ3v) is 3.67. The van der Waals surface area contributed by atoms with Gasteiger partial charge >= 0.3 is 6.61 Å². The zero-order chi connectivity index (χ0) is 15.9. The minimum Gasteiger partial charge on any atom is -0.435 e. The van der Waals surface area contributed by atoms with Crippen LogP contribution in [0.15, 0.2) is 29.3 Å². The zero-order valence-corrected chi connectivity index (χ0v) is 15.8. The quantitative estimate of drug-likeness (QED) is 0.400. The van der Waals surface area contributed by atoms with Gasteiger partial charge in [-0.1, -0.05) is 25.0 Å². The van der Waals surface area contributed by atoms with Crippen LogP contribution in [0.1, 0.15) is 24.8 Å². The van der Waals surface area contributed by atoms with Crippen molar-refractivity contribution < 1.29 is 13.5 Å². The maximum absolute atomic E-state index is 12.1. The molecule has 130 valence electrons. The number of halogens is 3. The molecule has 4 nitrogen and oxygen atoms in total. The van der Waals surface area contributed by atoms with Crippen LogP contribution in [0.25, 0.3) is 0 Å². The maximum Gasteiger partial charge on any atom is 0.387 e. The molecule has 2 rings (SSSR count). The number of nitrogens with zero attached hydrogens (tertiary/aromatic N) is 2. The zero-order valence-electron chi connectivity index (χ0n) is 13.5. The van der Waals surface area contributed by atoms with E-state index in [1.807, 2.05) is 11.9 Å². The molecule has 1 aliphatic rings. The molecule has 0 unspecified atom stereocenters. The highest BCUT2D eigenvalue weighted by atomic mass is 127. The number of hydrogen-bond acceptors (Lipinski definition) is 2. The van der Waals surface area contributed by atoms with Gasteiger partial charge in [-0.25, -0.2) is 0 Å². The Kier molecular flexibility index (Phi) is 8.57. The number of benzene rings is 1. The van der Waals surface area contributed by atoms with E-state index in [2.05, 4.69) is 15.0 Å². The normalized spacial score (nSPS) is 14.4. The van der Waals surface area contributed by atoms with Crippen LogP contribution in [0.3, 0.4) is 0 Å². The van der Waals surface area contributed by atoms with E-state index in [1.165, 1.54) is 19.3 Å². The first-order valence-electron chi connectivity index (χ1n) is 7.54. The van der Waals surface area contributed by atoms with E-state index in [0.717, 1.165) is 24.0 Å². The monoisotopic (exact) mass is 439 g/mol. The Hall–Kier alpha value is -1.12. The van der Waals surface area contributed by atoms with Gasteiger partial charge in [-0.3, -0.25) is 4.99 Å². The van der Waals surface area contributed by atoms with Crippen molar-refractivity contribution in [2.75, 3.05) is 20.6 Å². The second-order valence-electron chi connectivity index (χ2n) is 5.58. The smallest absolute Gasteiger partial charge is 0.387 e. The van der Waals surface area contributed by atoms with Crippen molar-refractivity contribution in [3.05, 3.63) is 29.8 Å². The van der Waals surface area contributed by atoms with Crippen LogP contribution in [-0.4, -0.2) is 38.1 Å². The topological polar surface area (TPSA) is 36.9 Å². The van der Waals surface area contributed by atoms with Crippen LogP contribution >= 0.6 is 24.0 Å². The first-order chi connectivity index (χ1) is 10.6. The number of alkyl halides is 2. The lowest BCUT2D eigenvalue weighted by Gasteiger charge is -2.22. The largest absolute Gasteiger partial charge is 0.435 e. The molecule has 1 fully saturated rings. The van der Waals surface area contributed by atoms with Crippen molar-refractivity contribution in [1.82, 2.24) is 10.2 Å². The average molecular weight is 439 g/mol. The Morgan fingerprint density at radius 2 is 2.00 bits per heavy atom. The van der Waals surface area contributed by atoms with Crippen molar-refractivity contribution in [2.24, 2.45) is 10.9 Å². The third-order valence-electron chi connectivity index (χ3n) is 3.67. The van der Waals surface area contributed by atoms with Gasteiger partial charge in [-0.05, 0) is 30.0 Å². The van der Waals surface area contributed by atoms with E-state index >= 15 is 0 Å². The lowest BCUT2D eigenvalue weighted by molar-refractivity contribution is -0.0498. The molecular weight excluding hydrogens is 415 g/mol. The molecule has 0 bridgehead atoms. The molecule has 0 spiro atoms. The molecule has 0 heterocycles. The number of rotatable bonds is 7. The van der Waals surface area contributed by atoms with Gasteiger partial charge in [-0.2, -0.15) is 8.78 Å². The molecule has 0 radical (unpaired) electrons. The molecule has 1 saturated carbocycles. The summed E-state index contributed by atoms with van der Waals surface area (Å²) >= 11 is 0. The Morgan fingerprint density at radius 1 is 1.35 bits per heavy atom. The molecular formula is C16H24F2IN3O. The lowest BCUT2D eigenvalue weighted by atomic mass is 10.2. The van der Waals surface area contributed by atoms with E-state index in [-0.39, 0.29) is 29.7 Å². The van der Waals surface area contributed by atoms with E-state index in [4.69, 9.17) is 0 Å². The highest BCUT2D eigenvalue weighted by molar-refractivity contribution is 14.0. The molecule has 1 aromatic carbocycles. The summed E-state index contributed by atoms with van der Waals surface area (Å²) in [6, 6.07) is 6.68. The second-order valence-corrected chi connectivity index (χ2v) is 5.58. The lowest BCUT2D eigenvalue weighted by Crippen LogP contribution is -2.39. The van der Waals surface area contributed by atoms with Crippen molar-refractivity contribution in [2.45, 2.75) is 32.4 Å². The van der Waals surface area contributed by atoms with Gasteiger partial charge in [0.05, 0.1) is 0 Å². The predicted molar refractivity (Wildman–Crippen MR) is 98.7 cm³/mol. The molecule has 7 heteroatoms. The van der Waals surface area contributed by atoms with Crippen molar-refractivity contribution in [3.8, 4) is 5.75 Å². The number of guanidine groups is 1. The van der Waals surface area contributed by atoms with Crippen molar-refractivity contribution in [1.29, 1.82) is 0 Å². The van der Waals surface area contributed by atoms with Crippen LogP contribution < -0.4 is 10.1 Å². The Morgan fingerprint density at radius 3 is 2.52 bits per heavy atom. The van der Waals surface area contributed by atoms with E-state index in [1.54, 1.807) is 31.3 Å². The summed E-state index contributed by atoms with van der Waals surface area (Å²) in [7, 11) is 3.71. The Balaban J connectivity index is 0.00000264. The molecule has 1 aliphatic carbocycles. The molecule has 23 heavy (non-hydrogen) atoms. The fraction of sp³-hybridized carbons (Fsp3) is 0.562. The fourth-order valence-corrected chi connectivity index (χ4v) is 2.30. The summed E-state index contributed by atoms with van der Waals surface area (Å²) in [6.07, 6.45) is 3.89. The first kappa shape index (κ1) is 19.9. The van der Waals surface area contributed by atoms with Crippen LogP contribution in [-0.2, 0) is 6.54 Å². The van der Waals surface area contributed by atoms with Gasteiger partial charge < -0.3 is 15.0 Å². The minimum atomic E-state index is -2.79. The second kappa shape index (κ2) is 9.89. The van der Waals surface area contributed by atoms with Gasteiger partial charge in [0.25, 0.3) is 0 Å². The molecule has 0 amide bonds. The standard InChI is InChI=1S/C16H23F2N3O.HI/c1-19-16(20-10-9-12-3-4-12)21(2)11-13-5-7-14(8-6-13)22-15(17)18;/h5-8,12,15H,3-4,9-11H2,1-2H3,(H,19,20);1H. The van der Waals surface area contributed by atoms with Gasteiger partial charge in [0.1, 0.15) is 5.75 Å². The summed E-state index contributed by atoms with van der Waals surface area (Å²) in [5, 5.41) is 3.35. The molecule has 1 N–H and O–H groups in total. The minimum absolute atomic E-state index is 0. The third kappa shape index (κ3) is 7.32. The highest BCUT2D eigenvalue weighted by Gasteiger charge is 2.20. The van der Waals surface area contributed by atoms with Gasteiger partial charge in [0.2, 0.25) is 0 Å². The first-order valence-corrected chi connectivity index (χ1v) is 7.54. The van der Waals surface area contributed by atoms with Gasteiger partial charge in [0, 0.05) is 27.2 Å². The number of aliphatic imine (C=N–C) groups is 1. The summed E-state index contributed by atoms with van der Waals surface area (Å²) in [4.78, 5) is 6.28. The highest BCUT2D eigenvalue weighted by Crippen LogP contribution is 2.31. The number of nitrogens with one attached hydrogen (secondary N) is 1. The van der Waals surface area contributed by atoms with Crippen molar-refractivity contribution in [3.63, 3.8) is 0 Å². The average Bonchev–Trinajstić information content (AvgIpc) is 3.29. The fourth-order valence-electron chi connectivity index (χ4n) is 2.30. The van der Waals surface area contributed by atoms with Crippen LogP contribution in [0.4, 0.5) is 8.78 Å². The SMILES string of the molecule is CN=C(NCCC1CC1)N(C)Cc1ccc(OC(F)F)cc1.I. The van der Waals surface area contributed by atoms with E-state index in [0.29, 0.717) is 6.54 Å². The van der Waals surface area contributed by atoms with Crippen LogP contribution in [0.5, 0.6) is 5.75 Å². The van der Waals surface area contributed by atoms with Crippen LogP contribution in [0, 0.1) is 5.92 Å². The summed E-state index contributed by atoms with van der Waals surface area (Å²) < 4.78 is 28.6. The Labute approximate surface area is 153 Å². The summed E-state index contributed by atoms with van der Waals surface area (Å²) in [5.41, 5.74) is 1.01. The van der Waals surface area contributed by atoms with Crippen LogP contribution in [0.2, 0.25) is 0 Å². The number of hydrogen-bond donors (Lipinski definition) is 1. The number of ether oxygens (including phenoxy) is 1.